The third-order valence-electron chi connectivity index (χ3n) is 3.33. The Balaban J connectivity index is 2.25. The predicted octanol–water partition coefficient (Wildman–Crippen LogP) is 2.69. The number of benzene rings is 1. The molecule has 0 saturated heterocycles. The molecule has 0 bridgehead atoms. The number of hydrogen-bond acceptors (Lipinski definition) is 2. The van der Waals surface area contributed by atoms with Crippen LogP contribution in [-0.4, -0.2) is 17.6 Å². The summed E-state index contributed by atoms with van der Waals surface area (Å²) in [6.07, 6.45) is 3.90. The van der Waals surface area contributed by atoms with Crippen molar-refractivity contribution in [3.8, 4) is 0 Å². The molecule has 3 N–H and O–H groups in total. The molecule has 100 valence electrons. The molecule has 0 amide bonds. The van der Waals surface area contributed by atoms with Gasteiger partial charge in [-0.1, -0.05) is 43.7 Å². The molecular formula is C15H23NO2. The lowest BCUT2D eigenvalue weighted by molar-refractivity contribution is -0.141. The highest BCUT2D eigenvalue weighted by Gasteiger charge is 2.18. The second kappa shape index (κ2) is 7.88. The SMILES string of the molecule is C[C@H](CCCc1ccccc1)C[C@H](CN)C(=O)O. The van der Waals surface area contributed by atoms with Gasteiger partial charge in [0.2, 0.25) is 0 Å². The minimum absolute atomic E-state index is 0.234. The normalized spacial score (nSPS) is 14.1. The van der Waals surface area contributed by atoms with Crippen molar-refractivity contribution >= 4 is 5.97 Å². The van der Waals surface area contributed by atoms with Crippen molar-refractivity contribution < 1.29 is 9.90 Å². The number of hydrogen-bond donors (Lipinski definition) is 2. The second-order valence-electron chi connectivity index (χ2n) is 4.99. The van der Waals surface area contributed by atoms with Gasteiger partial charge in [0, 0.05) is 6.54 Å². The van der Waals surface area contributed by atoms with E-state index in [0.29, 0.717) is 12.3 Å². The number of carboxylic acids is 1. The molecule has 0 aromatic heterocycles. The van der Waals surface area contributed by atoms with E-state index in [-0.39, 0.29) is 6.54 Å². The Labute approximate surface area is 109 Å². The van der Waals surface area contributed by atoms with Gasteiger partial charge in [0.15, 0.2) is 0 Å². The average molecular weight is 249 g/mol. The van der Waals surface area contributed by atoms with E-state index in [1.165, 1.54) is 5.56 Å². The minimum atomic E-state index is -0.771. The van der Waals surface area contributed by atoms with Crippen molar-refractivity contribution in [2.75, 3.05) is 6.54 Å². The Morgan fingerprint density at radius 3 is 2.56 bits per heavy atom. The highest BCUT2D eigenvalue weighted by Crippen LogP contribution is 2.18. The van der Waals surface area contributed by atoms with E-state index in [4.69, 9.17) is 10.8 Å². The van der Waals surface area contributed by atoms with E-state index in [2.05, 4.69) is 19.1 Å². The van der Waals surface area contributed by atoms with Crippen molar-refractivity contribution in [1.82, 2.24) is 0 Å². The van der Waals surface area contributed by atoms with Crippen LogP contribution < -0.4 is 5.73 Å². The lowest BCUT2D eigenvalue weighted by atomic mass is 9.91. The van der Waals surface area contributed by atoms with E-state index < -0.39 is 11.9 Å². The molecule has 0 heterocycles. The van der Waals surface area contributed by atoms with Gasteiger partial charge in [0.1, 0.15) is 0 Å². The predicted molar refractivity (Wildman–Crippen MR) is 73.3 cm³/mol. The summed E-state index contributed by atoms with van der Waals surface area (Å²) in [7, 11) is 0. The van der Waals surface area contributed by atoms with Crippen LogP contribution in [0.2, 0.25) is 0 Å². The molecule has 18 heavy (non-hydrogen) atoms. The van der Waals surface area contributed by atoms with Crippen LogP contribution in [0.1, 0.15) is 31.7 Å². The molecule has 0 saturated carbocycles. The fourth-order valence-electron chi connectivity index (χ4n) is 2.20. The van der Waals surface area contributed by atoms with Crippen molar-refractivity contribution in [3.63, 3.8) is 0 Å². The van der Waals surface area contributed by atoms with E-state index in [1.54, 1.807) is 0 Å². The van der Waals surface area contributed by atoms with Gasteiger partial charge >= 0.3 is 5.97 Å². The Morgan fingerprint density at radius 1 is 1.33 bits per heavy atom. The van der Waals surface area contributed by atoms with Crippen LogP contribution in [0.3, 0.4) is 0 Å². The molecular weight excluding hydrogens is 226 g/mol. The quantitative estimate of drug-likeness (QED) is 0.744. The van der Waals surface area contributed by atoms with E-state index >= 15 is 0 Å². The van der Waals surface area contributed by atoms with Crippen LogP contribution in [0.15, 0.2) is 30.3 Å². The molecule has 3 heteroatoms. The highest BCUT2D eigenvalue weighted by atomic mass is 16.4. The van der Waals surface area contributed by atoms with E-state index in [9.17, 15) is 4.79 Å². The summed E-state index contributed by atoms with van der Waals surface area (Å²) in [5.74, 6) is -0.748. The number of aliphatic carboxylic acids is 1. The lowest BCUT2D eigenvalue weighted by Crippen LogP contribution is -2.25. The van der Waals surface area contributed by atoms with Crippen LogP contribution in [0.25, 0.3) is 0 Å². The van der Waals surface area contributed by atoms with Gasteiger partial charge in [-0.3, -0.25) is 4.79 Å². The molecule has 0 aliphatic heterocycles. The average Bonchev–Trinajstić information content (AvgIpc) is 2.37. The topological polar surface area (TPSA) is 63.3 Å². The lowest BCUT2D eigenvalue weighted by Gasteiger charge is -2.15. The Bertz CT molecular complexity index is 351. The van der Waals surface area contributed by atoms with Gasteiger partial charge in [0.05, 0.1) is 5.92 Å². The first-order valence-electron chi connectivity index (χ1n) is 6.60. The molecule has 3 nitrogen and oxygen atoms in total. The third kappa shape index (κ3) is 5.32. The summed E-state index contributed by atoms with van der Waals surface area (Å²) in [5, 5.41) is 8.95. The third-order valence-corrected chi connectivity index (χ3v) is 3.33. The van der Waals surface area contributed by atoms with Crippen LogP contribution in [0.4, 0.5) is 0 Å². The number of nitrogens with two attached hydrogens (primary N) is 1. The number of aryl methyl sites for hydroxylation is 1. The van der Waals surface area contributed by atoms with Gasteiger partial charge in [0.25, 0.3) is 0 Å². The van der Waals surface area contributed by atoms with Gasteiger partial charge in [-0.2, -0.15) is 0 Å². The zero-order chi connectivity index (χ0) is 13.4. The van der Waals surface area contributed by atoms with Crippen LogP contribution in [0, 0.1) is 11.8 Å². The molecule has 1 rings (SSSR count). The summed E-state index contributed by atoms with van der Waals surface area (Å²) < 4.78 is 0. The van der Waals surface area contributed by atoms with Gasteiger partial charge in [-0.25, -0.2) is 0 Å². The highest BCUT2D eigenvalue weighted by molar-refractivity contribution is 5.70. The summed E-state index contributed by atoms with van der Waals surface area (Å²) in [6.45, 7) is 2.34. The minimum Gasteiger partial charge on any atom is -0.481 e. The summed E-state index contributed by atoms with van der Waals surface area (Å²) in [6, 6.07) is 10.4. The molecule has 0 radical (unpaired) electrons. The summed E-state index contributed by atoms with van der Waals surface area (Å²) >= 11 is 0. The molecule has 0 spiro atoms. The summed E-state index contributed by atoms with van der Waals surface area (Å²) in [5.41, 5.74) is 6.81. The summed E-state index contributed by atoms with van der Waals surface area (Å²) in [4.78, 5) is 10.9. The Kier molecular flexibility index (Phi) is 6.44. The largest absolute Gasteiger partial charge is 0.481 e. The van der Waals surface area contributed by atoms with Crippen molar-refractivity contribution in [1.29, 1.82) is 0 Å². The first kappa shape index (κ1) is 14.7. The number of carbonyl (C=O) groups is 1. The van der Waals surface area contributed by atoms with E-state index in [1.807, 2.05) is 18.2 Å². The first-order valence-corrected chi connectivity index (χ1v) is 6.60. The standard InChI is InChI=1S/C15H23NO2/c1-12(10-14(11-16)15(17)18)6-5-9-13-7-3-2-4-8-13/h2-4,7-8,12,14H,5-6,9-11,16H2,1H3,(H,17,18)/t12-,14-/m1/s1. The van der Waals surface area contributed by atoms with Gasteiger partial charge in [-0.05, 0) is 30.7 Å². The Hall–Kier alpha value is -1.35. The number of carboxylic acid groups (broad SMARTS) is 1. The maximum absolute atomic E-state index is 10.9. The zero-order valence-electron chi connectivity index (χ0n) is 11.0. The van der Waals surface area contributed by atoms with Crippen LogP contribution >= 0.6 is 0 Å². The molecule has 1 aromatic carbocycles. The smallest absolute Gasteiger partial charge is 0.307 e. The van der Waals surface area contributed by atoms with Crippen molar-refractivity contribution in [2.24, 2.45) is 17.6 Å². The zero-order valence-corrected chi connectivity index (χ0v) is 11.0. The molecule has 0 fully saturated rings. The molecule has 2 atom stereocenters. The van der Waals surface area contributed by atoms with Crippen molar-refractivity contribution in [2.45, 2.75) is 32.6 Å². The van der Waals surface area contributed by atoms with Gasteiger partial charge in [-0.15, -0.1) is 0 Å². The molecule has 0 aliphatic carbocycles. The molecule has 0 unspecified atom stereocenters. The molecule has 0 aliphatic rings. The first-order chi connectivity index (χ1) is 8.63. The molecule has 1 aromatic rings. The number of rotatable bonds is 8. The van der Waals surface area contributed by atoms with E-state index in [0.717, 1.165) is 19.3 Å². The Morgan fingerprint density at radius 2 is 2.00 bits per heavy atom. The van der Waals surface area contributed by atoms with Crippen LogP contribution in [0.5, 0.6) is 0 Å². The van der Waals surface area contributed by atoms with Gasteiger partial charge < -0.3 is 10.8 Å². The fraction of sp³-hybridized carbons (Fsp3) is 0.533. The fourth-order valence-corrected chi connectivity index (χ4v) is 2.20. The monoisotopic (exact) mass is 249 g/mol. The second-order valence-corrected chi connectivity index (χ2v) is 4.99. The van der Waals surface area contributed by atoms with Crippen molar-refractivity contribution in [3.05, 3.63) is 35.9 Å². The maximum atomic E-state index is 10.9. The maximum Gasteiger partial charge on any atom is 0.307 e. The van der Waals surface area contributed by atoms with Crippen LogP contribution in [-0.2, 0) is 11.2 Å².